The predicted octanol–water partition coefficient (Wildman–Crippen LogP) is 14.1. The summed E-state index contributed by atoms with van der Waals surface area (Å²) >= 11 is 0. The monoisotopic (exact) mass is 732 g/mol. The van der Waals surface area contributed by atoms with Gasteiger partial charge in [-0.25, -0.2) is 0 Å². The lowest BCUT2D eigenvalue weighted by atomic mass is 9.73. The molecule has 5 aromatic carbocycles. The molecule has 282 valence electrons. The number of hydrogen-bond acceptors (Lipinski definition) is 2. The van der Waals surface area contributed by atoms with Gasteiger partial charge in [0.1, 0.15) is 0 Å². The van der Waals surface area contributed by atoms with Gasteiger partial charge in [-0.15, -0.1) is 0 Å². The number of allylic oxidation sites excluding steroid dienone is 7. The maximum absolute atomic E-state index is 4.16. The van der Waals surface area contributed by atoms with E-state index in [2.05, 4.69) is 197 Å². The highest BCUT2D eigenvalue weighted by atomic mass is 14.9. The molecule has 0 bridgehead atoms. The molecular weight excluding hydrogens is 677 g/mol. The van der Waals surface area contributed by atoms with Crippen molar-refractivity contribution < 1.29 is 0 Å². The van der Waals surface area contributed by atoms with Crippen molar-refractivity contribution in [2.75, 3.05) is 0 Å². The lowest BCUT2D eigenvalue weighted by Gasteiger charge is -2.30. The van der Waals surface area contributed by atoms with Gasteiger partial charge < -0.3 is 5.32 Å². The summed E-state index contributed by atoms with van der Waals surface area (Å²) in [7, 11) is 0. The molecule has 0 aromatic heterocycles. The van der Waals surface area contributed by atoms with Gasteiger partial charge in [0.05, 0.1) is 5.70 Å². The number of aryl methyl sites for hydroxylation is 1. The number of benzene rings is 5. The molecule has 5 aromatic rings. The van der Waals surface area contributed by atoms with Crippen LogP contribution < -0.4 is 5.32 Å². The van der Waals surface area contributed by atoms with E-state index in [-0.39, 0.29) is 5.92 Å². The molecule has 1 N–H and O–H groups in total. The molecule has 2 nitrogen and oxygen atoms in total. The number of nitrogens with zero attached hydrogens (tertiary/aromatic N) is 1. The average Bonchev–Trinajstić information content (AvgIpc) is 4.09. The van der Waals surface area contributed by atoms with Crippen LogP contribution in [-0.2, 0) is 6.54 Å². The van der Waals surface area contributed by atoms with Crippen molar-refractivity contribution in [3.63, 3.8) is 0 Å². The van der Waals surface area contributed by atoms with Gasteiger partial charge in [-0.05, 0) is 108 Å². The molecule has 2 aliphatic carbocycles. The standard InChI is InChI=1S/C38H35N.C16H21N/c1-25-20-23-32(28-21-22-28)38(24-25)30-19-11-18-29(26(30)2)33-13-7-8-15-35(33)37-17-10-9-16-36(37)34-14-6-5-12-31(34)27(3)39-4;1-4-6-12-16(5-2)14(3)17-13-15-10-8-7-9-11-15/h5-20,23-24,26,28-29H,3-4,21-22H2,1-2H3;4-12,14,17H,1,13H2,2-3H3/b;12-6-,16-5+. The summed E-state index contributed by atoms with van der Waals surface area (Å²) in [5.41, 5.74) is 16.2. The zero-order valence-corrected chi connectivity index (χ0v) is 33.6. The van der Waals surface area contributed by atoms with Crippen LogP contribution >= 0.6 is 0 Å². The minimum absolute atomic E-state index is 0.280. The molecule has 0 radical (unpaired) electrons. The molecule has 3 atom stereocenters. The van der Waals surface area contributed by atoms with E-state index in [4.69, 9.17) is 0 Å². The van der Waals surface area contributed by atoms with Gasteiger partial charge in [0.2, 0.25) is 0 Å². The molecule has 2 heteroatoms. The van der Waals surface area contributed by atoms with E-state index in [1.54, 1.807) is 6.08 Å². The third-order valence-electron chi connectivity index (χ3n) is 11.1. The molecule has 3 unspecified atom stereocenters. The molecule has 0 heterocycles. The summed E-state index contributed by atoms with van der Waals surface area (Å²) in [6, 6.07) is 43.8. The average molecular weight is 733 g/mol. The minimum atomic E-state index is 0.280. The second-order valence-corrected chi connectivity index (χ2v) is 14.9. The Bertz CT molecular complexity index is 2280. The molecule has 7 rings (SSSR count). The summed E-state index contributed by atoms with van der Waals surface area (Å²) in [5.74, 6) is 1.36. The van der Waals surface area contributed by atoms with Crippen LogP contribution in [0, 0.1) is 12.8 Å². The number of aliphatic imine (C=N–C) groups is 1. The fraction of sp³-hybridized carbons (Fsp3) is 0.204. The van der Waals surface area contributed by atoms with Crippen molar-refractivity contribution >= 4 is 18.0 Å². The van der Waals surface area contributed by atoms with E-state index >= 15 is 0 Å². The molecule has 0 saturated heterocycles. The van der Waals surface area contributed by atoms with E-state index in [1.165, 1.54) is 68.5 Å². The van der Waals surface area contributed by atoms with Crippen LogP contribution in [0.25, 0.3) is 33.5 Å². The maximum atomic E-state index is 4.16. The lowest BCUT2D eigenvalue weighted by Crippen LogP contribution is -2.26. The van der Waals surface area contributed by atoms with E-state index in [9.17, 15) is 0 Å². The predicted molar refractivity (Wildman–Crippen MR) is 244 cm³/mol. The Morgan fingerprint density at radius 2 is 1.45 bits per heavy atom. The first-order valence-electron chi connectivity index (χ1n) is 20.0. The number of nitrogens with one attached hydrogen (secondary N) is 1. The van der Waals surface area contributed by atoms with Crippen molar-refractivity contribution in [3.8, 4) is 22.3 Å². The van der Waals surface area contributed by atoms with Gasteiger partial charge in [-0.1, -0.05) is 190 Å². The van der Waals surface area contributed by atoms with Crippen molar-refractivity contribution in [3.05, 3.63) is 216 Å². The van der Waals surface area contributed by atoms with Crippen molar-refractivity contribution in [1.29, 1.82) is 0 Å². The Morgan fingerprint density at radius 3 is 2.12 bits per heavy atom. The van der Waals surface area contributed by atoms with Crippen molar-refractivity contribution in [2.24, 2.45) is 10.9 Å². The largest absolute Gasteiger partial charge is 0.306 e. The van der Waals surface area contributed by atoms with Gasteiger partial charge in [0.25, 0.3) is 0 Å². The molecule has 2 aliphatic rings. The molecule has 56 heavy (non-hydrogen) atoms. The van der Waals surface area contributed by atoms with E-state index in [1.807, 2.05) is 18.2 Å². The zero-order chi connectivity index (χ0) is 39.4. The summed E-state index contributed by atoms with van der Waals surface area (Å²) in [6.45, 7) is 21.3. The van der Waals surface area contributed by atoms with E-state index < -0.39 is 0 Å². The first-order chi connectivity index (χ1) is 27.3. The fourth-order valence-electron chi connectivity index (χ4n) is 7.86. The van der Waals surface area contributed by atoms with Gasteiger partial charge in [0, 0.05) is 24.1 Å². The molecule has 1 saturated carbocycles. The van der Waals surface area contributed by atoms with Gasteiger partial charge >= 0.3 is 0 Å². The molecular formula is C54H56N2. The second kappa shape index (κ2) is 19.2. The normalized spacial score (nSPS) is 17.1. The van der Waals surface area contributed by atoms with Crippen LogP contribution in [0.5, 0.6) is 0 Å². The SMILES string of the molecule is C=C/C=C\C(=C/C)C(C)NCc1ccccc1.C=NC(=C)c1ccccc1-c1ccccc1-c1ccccc1C1C=CC=C(c2cc(C)ccc2C2CC2)C1C. The first-order valence-corrected chi connectivity index (χ1v) is 20.0. The quantitative estimate of drug-likeness (QED) is 0.0946. The Morgan fingerprint density at radius 1 is 0.804 bits per heavy atom. The molecule has 0 aliphatic heterocycles. The van der Waals surface area contributed by atoms with Gasteiger partial charge in [-0.2, -0.15) is 0 Å². The minimum Gasteiger partial charge on any atom is -0.306 e. The smallest absolute Gasteiger partial charge is 0.0629 e. The zero-order valence-electron chi connectivity index (χ0n) is 33.6. The molecule has 0 amide bonds. The molecule has 1 fully saturated rings. The number of rotatable bonds is 13. The third kappa shape index (κ3) is 9.51. The van der Waals surface area contributed by atoms with Crippen LogP contribution in [0.2, 0.25) is 0 Å². The Hall–Kier alpha value is -5.83. The van der Waals surface area contributed by atoms with Crippen LogP contribution in [0.4, 0.5) is 0 Å². The summed E-state index contributed by atoms with van der Waals surface area (Å²) < 4.78 is 0. The Kier molecular flexibility index (Phi) is 13.6. The van der Waals surface area contributed by atoms with Crippen LogP contribution in [-0.4, -0.2) is 12.8 Å². The van der Waals surface area contributed by atoms with Crippen molar-refractivity contribution in [2.45, 2.75) is 65.0 Å². The van der Waals surface area contributed by atoms with Crippen LogP contribution in [0.1, 0.15) is 78.8 Å². The highest BCUT2D eigenvalue weighted by Crippen LogP contribution is 2.49. The Labute approximate surface area is 336 Å². The summed E-state index contributed by atoms with van der Waals surface area (Å²) in [5, 5.41) is 3.50. The third-order valence-corrected chi connectivity index (χ3v) is 11.1. The van der Waals surface area contributed by atoms with E-state index in [0.717, 1.165) is 23.6 Å². The van der Waals surface area contributed by atoms with Crippen LogP contribution in [0.3, 0.4) is 0 Å². The van der Waals surface area contributed by atoms with E-state index in [0.29, 0.717) is 17.7 Å². The summed E-state index contributed by atoms with van der Waals surface area (Å²) in [6.07, 6.45) is 17.6. The number of hydrogen-bond donors (Lipinski definition) is 1. The first kappa shape index (κ1) is 39.9. The lowest BCUT2D eigenvalue weighted by molar-refractivity contribution is 0.616. The topological polar surface area (TPSA) is 24.4 Å². The van der Waals surface area contributed by atoms with Crippen LogP contribution in [0.15, 0.2) is 188 Å². The molecule has 0 spiro atoms. The highest BCUT2D eigenvalue weighted by molar-refractivity contribution is 5.91. The summed E-state index contributed by atoms with van der Waals surface area (Å²) in [4.78, 5) is 4.16. The van der Waals surface area contributed by atoms with Gasteiger partial charge in [0.15, 0.2) is 0 Å². The maximum Gasteiger partial charge on any atom is 0.0629 e. The van der Waals surface area contributed by atoms with Gasteiger partial charge in [-0.3, -0.25) is 4.99 Å². The Balaban J connectivity index is 0.000000264. The highest BCUT2D eigenvalue weighted by Gasteiger charge is 2.31. The van der Waals surface area contributed by atoms with Crippen molar-refractivity contribution in [1.82, 2.24) is 5.32 Å². The second-order valence-electron chi connectivity index (χ2n) is 14.9. The fourth-order valence-corrected chi connectivity index (χ4v) is 7.86.